The minimum atomic E-state index is -0.157. The maximum atomic E-state index is 11.9. The van der Waals surface area contributed by atoms with Crippen LogP contribution < -0.4 is 5.32 Å². The monoisotopic (exact) mass is 347 g/mol. The molecule has 1 amide bonds. The van der Waals surface area contributed by atoms with Crippen LogP contribution >= 0.6 is 0 Å². The Morgan fingerprint density at radius 2 is 1.64 bits per heavy atom. The van der Waals surface area contributed by atoms with Crippen LogP contribution in [0.15, 0.2) is 18.2 Å². The molecule has 0 aromatic heterocycles. The number of unbranched alkanes of at least 4 members (excludes halogenated alkanes) is 1. The molecule has 0 bridgehead atoms. The van der Waals surface area contributed by atoms with Gasteiger partial charge in [-0.3, -0.25) is 9.59 Å². The van der Waals surface area contributed by atoms with Gasteiger partial charge >= 0.3 is 5.97 Å². The summed E-state index contributed by atoms with van der Waals surface area (Å²) in [5, 5.41) is 2.94. The number of carbonyl (C=O) groups excluding carboxylic acids is 2. The molecule has 0 heterocycles. The van der Waals surface area contributed by atoms with Gasteiger partial charge in [-0.2, -0.15) is 0 Å². The van der Waals surface area contributed by atoms with Crippen LogP contribution in [0.5, 0.6) is 0 Å². The van der Waals surface area contributed by atoms with Crippen molar-refractivity contribution in [2.24, 2.45) is 0 Å². The van der Waals surface area contributed by atoms with E-state index in [2.05, 4.69) is 37.4 Å². The number of rotatable bonds is 12. The van der Waals surface area contributed by atoms with Crippen molar-refractivity contribution in [1.82, 2.24) is 5.32 Å². The van der Waals surface area contributed by atoms with Gasteiger partial charge in [0.05, 0.1) is 6.61 Å². The zero-order valence-corrected chi connectivity index (χ0v) is 16.0. The van der Waals surface area contributed by atoms with Crippen LogP contribution in [-0.4, -0.2) is 25.0 Å². The highest BCUT2D eigenvalue weighted by atomic mass is 16.5. The third-order valence-corrected chi connectivity index (χ3v) is 4.40. The summed E-state index contributed by atoms with van der Waals surface area (Å²) >= 11 is 0. The Kier molecular flexibility index (Phi) is 10.6. The zero-order chi connectivity index (χ0) is 18.5. The summed E-state index contributed by atoms with van der Waals surface area (Å²) in [6, 6.07) is 6.51. The number of nitrogens with one attached hydrogen (secondary N) is 1. The van der Waals surface area contributed by atoms with E-state index >= 15 is 0 Å². The van der Waals surface area contributed by atoms with Gasteiger partial charge in [0.1, 0.15) is 0 Å². The van der Waals surface area contributed by atoms with Crippen LogP contribution in [-0.2, 0) is 33.6 Å². The highest BCUT2D eigenvalue weighted by Gasteiger charge is 2.08. The predicted molar refractivity (Wildman–Crippen MR) is 102 cm³/mol. The first kappa shape index (κ1) is 21.2. The molecule has 0 aliphatic carbocycles. The third kappa shape index (κ3) is 8.19. The summed E-state index contributed by atoms with van der Waals surface area (Å²) in [6.45, 7) is 7.23. The van der Waals surface area contributed by atoms with Gasteiger partial charge < -0.3 is 10.1 Å². The van der Waals surface area contributed by atoms with Crippen molar-refractivity contribution in [1.29, 1.82) is 0 Å². The zero-order valence-electron chi connectivity index (χ0n) is 16.0. The first-order valence-electron chi connectivity index (χ1n) is 9.64. The lowest BCUT2D eigenvalue weighted by molar-refractivity contribution is -0.143. The molecular weight excluding hydrogens is 314 g/mol. The average Bonchev–Trinajstić information content (AvgIpc) is 2.61. The van der Waals surface area contributed by atoms with E-state index in [0.717, 1.165) is 38.5 Å². The second-order valence-corrected chi connectivity index (χ2v) is 6.23. The highest BCUT2D eigenvalue weighted by molar-refractivity contribution is 5.75. The predicted octanol–water partition coefficient (Wildman–Crippen LogP) is 3.98. The second-order valence-electron chi connectivity index (χ2n) is 6.23. The van der Waals surface area contributed by atoms with Crippen molar-refractivity contribution in [3.63, 3.8) is 0 Å². The average molecular weight is 347 g/mol. The van der Waals surface area contributed by atoms with E-state index in [-0.39, 0.29) is 11.9 Å². The van der Waals surface area contributed by atoms with E-state index in [0.29, 0.717) is 26.0 Å². The van der Waals surface area contributed by atoms with E-state index in [1.165, 1.54) is 16.7 Å². The van der Waals surface area contributed by atoms with Crippen molar-refractivity contribution < 1.29 is 14.3 Å². The van der Waals surface area contributed by atoms with Gasteiger partial charge in [0.2, 0.25) is 5.91 Å². The van der Waals surface area contributed by atoms with Gasteiger partial charge in [-0.15, -0.1) is 0 Å². The fourth-order valence-electron chi connectivity index (χ4n) is 3.04. The Bertz CT molecular complexity index is 518. The molecular formula is C21H33NO3. The maximum Gasteiger partial charge on any atom is 0.305 e. The van der Waals surface area contributed by atoms with Crippen molar-refractivity contribution in [3.05, 3.63) is 34.9 Å². The number of hydrogen-bond donors (Lipinski definition) is 1. The Morgan fingerprint density at radius 1 is 0.960 bits per heavy atom. The van der Waals surface area contributed by atoms with Gasteiger partial charge in [0.25, 0.3) is 0 Å². The van der Waals surface area contributed by atoms with E-state index in [1.807, 2.05) is 0 Å². The van der Waals surface area contributed by atoms with Crippen LogP contribution in [0.1, 0.15) is 69.6 Å². The fourth-order valence-corrected chi connectivity index (χ4v) is 3.04. The summed E-state index contributed by atoms with van der Waals surface area (Å²) in [4.78, 5) is 23.2. The number of carbonyl (C=O) groups is 2. The number of esters is 1. The van der Waals surface area contributed by atoms with Gasteiger partial charge in [0.15, 0.2) is 0 Å². The molecule has 0 saturated heterocycles. The summed E-state index contributed by atoms with van der Waals surface area (Å²) < 4.78 is 4.88. The number of aryl methyl sites for hydroxylation is 2. The number of benzene rings is 1. The molecule has 1 N–H and O–H groups in total. The van der Waals surface area contributed by atoms with Gasteiger partial charge in [-0.25, -0.2) is 0 Å². The largest absolute Gasteiger partial charge is 0.466 e. The van der Waals surface area contributed by atoms with Crippen LogP contribution in [0.2, 0.25) is 0 Å². The van der Waals surface area contributed by atoms with Crippen molar-refractivity contribution >= 4 is 11.9 Å². The smallest absolute Gasteiger partial charge is 0.305 e. The topological polar surface area (TPSA) is 55.4 Å². The summed E-state index contributed by atoms with van der Waals surface area (Å²) in [6.07, 6.45) is 6.45. The first-order chi connectivity index (χ1) is 12.1. The molecule has 25 heavy (non-hydrogen) atoms. The van der Waals surface area contributed by atoms with Crippen molar-refractivity contribution in [2.45, 2.75) is 72.1 Å². The molecule has 0 unspecified atom stereocenters. The molecule has 4 heteroatoms. The van der Waals surface area contributed by atoms with Crippen LogP contribution in [0.3, 0.4) is 0 Å². The lowest BCUT2D eigenvalue weighted by atomic mass is 9.93. The molecule has 1 rings (SSSR count). The molecule has 0 atom stereocenters. The van der Waals surface area contributed by atoms with Crippen LogP contribution in [0.25, 0.3) is 0 Å². The Hall–Kier alpha value is -1.84. The summed E-state index contributed by atoms with van der Waals surface area (Å²) in [5.74, 6) is -0.0571. The minimum Gasteiger partial charge on any atom is -0.466 e. The van der Waals surface area contributed by atoms with E-state index in [9.17, 15) is 9.59 Å². The Balaban J connectivity index is 2.24. The third-order valence-electron chi connectivity index (χ3n) is 4.40. The molecule has 0 aliphatic heterocycles. The van der Waals surface area contributed by atoms with Crippen molar-refractivity contribution in [2.75, 3.05) is 13.2 Å². The Labute approximate surface area is 152 Å². The Morgan fingerprint density at radius 3 is 2.24 bits per heavy atom. The lowest BCUT2D eigenvalue weighted by Gasteiger charge is -2.13. The molecule has 0 spiro atoms. The molecule has 1 aromatic carbocycles. The summed E-state index contributed by atoms with van der Waals surface area (Å²) in [5.41, 5.74) is 4.23. The lowest BCUT2D eigenvalue weighted by Crippen LogP contribution is -2.24. The van der Waals surface area contributed by atoms with Crippen LogP contribution in [0.4, 0.5) is 0 Å². The molecule has 0 aliphatic rings. The second kappa shape index (κ2) is 12.5. The number of amides is 1. The van der Waals surface area contributed by atoms with E-state index in [4.69, 9.17) is 4.74 Å². The SMILES string of the molecule is CCOC(=O)CCCCNC(=O)CCCc1c(CC)cccc1CC. The van der Waals surface area contributed by atoms with Gasteiger partial charge in [-0.1, -0.05) is 32.0 Å². The quantitative estimate of drug-likeness (QED) is 0.459. The molecule has 1 aromatic rings. The number of ether oxygens (including phenoxy) is 1. The van der Waals surface area contributed by atoms with Crippen LogP contribution in [0, 0.1) is 0 Å². The highest BCUT2D eigenvalue weighted by Crippen LogP contribution is 2.19. The number of hydrogen-bond acceptors (Lipinski definition) is 3. The normalized spacial score (nSPS) is 10.5. The fraction of sp³-hybridized carbons (Fsp3) is 0.619. The summed E-state index contributed by atoms with van der Waals surface area (Å²) in [7, 11) is 0. The van der Waals surface area contributed by atoms with E-state index < -0.39 is 0 Å². The van der Waals surface area contributed by atoms with E-state index in [1.54, 1.807) is 6.92 Å². The molecule has 0 saturated carbocycles. The van der Waals surface area contributed by atoms with Crippen molar-refractivity contribution in [3.8, 4) is 0 Å². The molecule has 0 radical (unpaired) electrons. The standard InChI is InChI=1S/C21H33NO3/c1-4-17-11-9-12-18(5-2)19(17)13-10-14-20(23)22-16-8-7-15-21(24)25-6-3/h9,11-12H,4-8,10,13-16H2,1-3H3,(H,22,23). The first-order valence-corrected chi connectivity index (χ1v) is 9.64. The maximum absolute atomic E-state index is 11.9. The van der Waals surface area contributed by atoms with Gasteiger partial charge in [-0.05, 0) is 62.1 Å². The molecule has 4 nitrogen and oxygen atoms in total. The van der Waals surface area contributed by atoms with Gasteiger partial charge in [0, 0.05) is 19.4 Å². The minimum absolute atomic E-state index is 0.100. The molecule has 140 valence electrons. The molecule has 0 fully saturated rings.